The molecule has 84 valence electrons. The summed E-state index contributed by atoms with van der Waals surface area (Å²) in [6.45, 7) is 3.29. The van der Waals surface area contributed by atoms with Crippen LogP contribution in [0.4, 0.5) is 11.4 Å². The van der Waals surface area contributed by atoms with E-state index < -0.39 is 0 Å². The summed E-state index contributed by atoms with van der Waals surface area (Å²) in [6.07, 6.45) is 1.23. The van der Waals surface area contributed by atoms with Crippen LogP contribution >= 0.6 is 11.8 Å². The lowest BCUT2D eigenvalue weighted by Gasteiger charge is -2.19. The Morgan fingerprint density at radius 3 is 2.87 bits per heavy atom. The lowest BCUT2D eigenvalue weighted by molar-refractivity contribution is 0.860. The van der Waals surface area contributed by atoms with Gasteiger partial charge >= 0.3 is 0 Å². The minimum atomic E-state index is 0.835. The second-order valence-corrected chi connectivity index (χ2v) is 4.96. The van der Waals surface area contributed by atoms with Crippen molar-refractivity contribution in [3.05, 3.63) is 24.3 Å². The summed E-state index contributed by atoms with van der Waals surface area (Å²) in [6, 6.07) is 8.04. The number of nitrogens with two attached hydrogens (primary N) is 1. The molecule has 0 atom stereocenters. The predicted octanol–water partition coefficient (Wildman–Crippen LogP) is 2.85. The van der Waals surface area contributed by atoms with Crippen LogP contribution in [0, 0.1) is 0 Å². The molecule has 15 heavy (non-hydrogen) atoms. The van der Waals surface area contributed by atoms with E-state index in [1.807, 2.05) is 30.0 Å². The molecule has 2 N–H and O–H groups in total. The van der Waals surface area contributed by atoms with Crippen molar-refractivity contribution >= 4 is 23.1 Å². The van der Waals surface area contributed by atoms with Gasteiger partial charge in [0, 0.05) is 25.0 Å². The maximum atomic E-state index is 5.74. The molecule has 0 fully saturated rings. The van der Waals surface area contributed by atoms with E-state index in [1.54, 1.807) is 0 Å². The Morgan fingerprint density at radius 1 is 1.40 bits per heavy atom. The van der Waals surface area contributed by atoms with Crippen molar-refractivity contribution in [1.82, 2.24) is 0 Å². The highest BCUT2D eigenvalue weighted by atomic mass is 32.2. The van der Waals surface area contributed by atoms with Crippen molar-refractivity contribution in [1.29, 1.82) is 0 Å². The Labute approximate surface area is 96.8 Å². The Hall–Kier alpha value is -0.830. The number of nitrogens with zero attached hydrogens (tertiary/aromatic N) is 1. The number of anilines is 2. The van der Waals surface area contributed by atoms with Crippen LogP contribution in [0.15, 0.2) is 24.3 Å². The van der Waals surface area contributed by atoms with Gasteiger partial charge < -0.3 is 10.6 Å². The van der Waals surface area contributed by atoms with E-state index in [9.17, 15) is 0 Å². The van der Waals surface area contributed by atoms with E-state index >= 15 is 0 Å². The summed E-state index contributed by atoms with van der Waals surface area (Å²) in [5.41, 5.74) is 7.78. The minimum absolute atomic E-state index is 0.835. The van der Waals surface area contributed by atoms with Crippen LogP contribution in [0.25, 0.3) is 0 Å². The number of thioether (sulfide) groups is 1. The number of nitrogen functional groups attached to an aromatic ring is 1. The summed E-state index contributed by atoms with van der Waals surface area (Å²) >= 11 is 2.00. The predicted molar refractivity (Wildman–Crippen MR) is 71.7 cm³/mol. The molecule has 0 saturated carbocycles. The molecule has 0 radical (unpaired) electrons. The first-order valence-electron chi connectivity index (χ1n) is 5.38. The van der Waals surface area contributed by atoms with E-state index in [1.165, 1.54) is 23.6 Å². The first-order valence-corrected chi connectivity index (χ1v) is 6.54. The van der Waals surface area contributed by atoms with E-state index in [0.29, 0.717) is 0 Å². The molecule has 1 aromatic rings. The summed E-state index contributed by atoms with van der Waals surface area (Å²) in [5, 5.41) is 0. The Balaban J connectivity index is 2.36. The Kier molecular flexibility index (Phi) is 5.40. The van der Waals surface area contributed by atoms with E-state index in [4.69, 9.17) is 5.73 Å². The average Bonchev–Trinajstić information content (AvgIpc) is 2.24. The monoisotopic (exact) mass is 224 g/mol. The van der Waals surface area contributed by atoms with E-state index in [0.717, 1.165) is 12.2 Å². The van der Waals surface area contributed by atoms with Crippen molar-refractivity contribution in [3.63, 3.8) is 0 Å². The van der Waals surface area contributed by atoms with Gasteiger partial charge in [-0.2, -0.15) is 11.8 Å². The fraction of sp³-hybridized carbons (Fsp3) is 0.500. The highest BCUT2D eigenvalue weighted by molar-refractivity contribution is 7.99. The van der Waals surface area contributed by atoms with Gasteiger partial charge in [0.1, 0.15) is 0 Å². The molecule has 0 saturated heterocycles. The van der Waals surface area contributed by atoms with Gasteiger partial charge in [-0.25, -0.2) is 0 Å². The molecule has 1 aromatic carbocycles. The Morgan fingerprint density at radius 2 is 2.20 bits per heavy atom. The molecule has 0 bridgehead atoms. The van der Waals surface area contributed by atoms with Gasteiger partial charge in [-0.1, -0.05) is 13.0 Å². The summed E-state index contributed by atoms with van der Waals surface area (Å²) in [4.78, 5) is 2.26. The molecule has 0 spiro atoms. The second kappa shape index (κ2) is 6.62. The molecule has 0 aliphatic heterocycles. The highest BCUT2D eigenvalue weighted by Crippen LogP contribution is 2.16. The first-order chi connectivity index (χ1) is 7.24. The molecular formula is C12H20N2S. The lowest BCUT2D eigenvalue weighted by atomic mass is 10.2. The van der Waals surface area contributed by atoms with Crippen molar-refractivity contribution in [3.8, 4) is 0 Å². The number of hydrogen-bond acceptors (Lipinski definition) is 3. The molecular weight excluding hydrogens is 204 g/mol. The molecule has 2 nitrogen and oxygen atoms in total. The standard InChI is InChI=1S/C12H20N2S/c1-3-15-9-5-8-14(2)12-7-4-6-11(13)10-12/h4,6-7,10H,3,5,8-9,13H2,1-2H3. The molecule has 0 unspecified atom stereocenters. The number of hydrogen-bond donors (Lipinski definition) is 1. The summed E-state index contributed by atoms with van der Waals surface area (Å²) in [5.74, 6) is 2.45. The van der Waals surface area contributed by atoms with Crippen molar-refractivity contribution in [2.24, 2.45) is 0 Å². The summed E-state index contributed by atoms with van der Waals surface area (Å²) < 4.78 is 0. The molecule has 0 amide bonds. The molecule has 0 aliphatic carbocycles. The fourth-order valence-electron chi connectivity index (χ4n) is 1.44. The Bertz CT molecular complexity index is 289. The van der Waals surface area contributed by atoms with Gasteiger partial charge in [0.05, 0.1) is 0 Å². The highest BCUT2D eigenvalue weighted by Gasteiger charge is 2.00. The van der Waals surface area contributed by atoms with Crippen LogP contribution in [0.5, 0.6) is 0 Å². The van der Waals surface area contributed by atoms with Gasteiger partial charge in [-0.15, -0.1) is 0 Å². The van der Waals surface area contributed by atoms with Gasteiger partial charge in [0.25, 0.3) is 0 Å². The van der Waals surface area contributed by atoms with E-state index in [2.05, 4.69) is 24.9 Å². The van der Waals surface area contributed by atoms with Crippen LogP contribution in [-0.4, -0.2) is 25.1 Å². The molecule has 0 heterocycles. The third-order valence-corrected chi connectivity index (χ3v) is 3.28. The molecule has 1 rings (SSSR count). The normalized spacial score (nSPS) is 10.3. The van der Waals surface area contributed by atoms with Crippen LogP contribution in [0.3, 0.4) is 0 Å². The fourth-order valence-corrected chi connectivity index (χ4v) is 2.06. The van der Waals surface area contributed by atoms with Crippen molar-refractivity contribution < 1.29 is 0 Å². The zero-order valence-corrected chi connectivity index (χ0v) is 10.4. The van der Waals surface area contributed by atoms with Gasteiger partial charge in [-0.05, 0) is 36.1 Å². The van der Waals surface area contributed by atoms with E-state index in [-0.39, 0.29) is 0 Å². The topological polar surface area (TPSA) is 29.3 Å². The summed E-state index contributed by atoms with van der Waals surface area (Å²) in [7, 11) is 2.12. The maximum Gasteiger partial charge on any atom is 0.0384 e. The van der Waals surface area contributed by atoms with Crippen LogP contribution in [0.1, 0.15) is 13.3 Å². The van der Waals surface area contributed by atoms with Crippen LogP contribution < -0.4 is 10.6 Å². The van der Waals surface area contributed by atoms with Gasteiger partial charge in [0.15, 0.2) is 0 Å². The lowest BCUT2D eigenvalue weighted by Crippen LogP contribution is -2.19. The van der Waals surface area contributed by atoms with Gasteiger partial charge in [0.2, 0.25) is 0 Å². The second-order valence-electron chi connectivity index (χ2n) is 3.57. The third-order valence-electron chi connectivity index (χ3n) is 2.30. The van der Waals surface area contributed by atoms with Crippen LogP contribution in [0.2, 0.25) is 0 Å². The SMILES string of the molecule is CCSCCCN(C)c1cccc(N)c1. The smallest absolute Gasteiger partial charge is 0.0384 e. The molecule has 0 aromatic heterocycles. The average molecular weight is 224 g/mol. The largest absolute Gasteiger partial charge is 0.399 e. The van der Waals surface area contributed by atoms with Crippen molar-refractivity contribution in [2.75, 3.05) is 35.7 Å². The minimum Gasteiger partial charge on any atom is -0.399 e. The zero-order valence-electron chi connectivity index (χ0n) is 9.57. The first kappa shape index (κ1) is 12.2. The molecule has 0 aliphatic rings. The number of benzene rings is 1. The van der Waals surface area contributed by atoms with Crippen LogP contribution in [-0.2, 0) is 0 Å². The zero-order chi connectivity index (χ0) is 11.1. The van der Waals surface area contributed by atoms with Gasteiger partial charge in [-0.3, -0.25) is 0 Å². The third kappa shape index (κ3) is 4.47. The molecule has 3 heteroatoms. The van der Waals surface area contributed by atoms with Crippen molar-refractivity contribution in [2.45, 2.75) is 13.3 Å². The maximum absolute atomic E-state index is 5.74. The number of rotatable bonds is 6. The quantitative estimate of drug-likeness (QED) is 0.595.